The lowest BCUT2D eigenvalue weighted by Crippen LogP contribution is -2.18. The molecule has 0 aromatic carbocycles. The zero-order valence-corrected chi connectivity index (χ0v) is 10.7. The Balaban J connectivity index is 1.71. The number of nitrogens with one attached hydrogen (secondary N) is 1. The lowest BCUT2D eigenvalue weighted by Gasteiger charge is -2.09. The van der Waals surface area contributed by atoms with E-state index in [-0.39, 0.29) is 0 Å². The number of rotatable bonds is 10. The van der Waals surface area contributed by atoms with E-state index >= 15 is 0 Å². The first-order valence-corrected chi connectivity index (χ1v) is 6.74. The summed E-state index contributed by atoms with van der Waals surface area (Å²) in [6.45, 7) is 4.18. The molecule has 1 heterocycles. The largest absolute Gasteiger partial charge is 0.385 e. The minimum absolute atomic E-state index is 0.559. The fourth-order valence-corrected chi connectivity index (χ4v) is 2.12. The fourth-order valence-electron chi connectivity index (χ4n) is 2.12. The van der Waals surface area contributed by atoms with Crippen molar-refractivity contribution in [1.82, 2.24) is 5.32 Å². The Morgan fingerprint density at radius 3 is 2.81 bits per heavy atom. The van der Waals surface area contributed by atoms with Crippen molar-refractivity contribution in [2.24, 2.45) is 0 Å². The van der Waals surface area contributed by atoms with Gasteiger partial charge in [0.2, 0.25) is 0 Å². The van der Waals surface area contributed by atoms with E-state index in [2.05, 4.69) is 5.32 Å². The molecule has 1 saturated heterocycles. The summed E-state index contributed by atoms with van der Waals surface area (Å²) in [6.07, 6.45) is 9.31. The number of unbranched alkanes of at least 4 members (excludes halogenated alkanes) is 2. The molecule has 3 heteroatoms. The molecule has 1 unspecified atom stereocenters. The van der Waals surface area contributed by atoms with Crippen molar-refractivity contribution in [3.8, 4) is 0 Å². The van der Waals surface area contributed by atoms with Crippen LogP contribution in [0.3, 0.4) is 0 Å². The smallest absolute Gasteiger partial charge is 0.0576 e. The number of ether oxygens (including phenoxy) is 2. The lowest BCUT2D eigenvalue weighted by atomic mass is 10.1. The highest BCUT2D eigenvalue weighted by atomic mass is 16.5. The Morgan fingerprint density at radius 1 is 1.19 bits per heavy atom. The topological polar surface area (TPSA) is 30.5 Å². The van der Waals surface area contributed by atoms with Gasteiger partial charge in [-0.1, -0.05) is 0 Å². The molecule has 0 radical (unpaired) electrons. The summed E-state index contributed by atoms with van der Waals surface area (Å²) in [5.41, 5.74) is 0. The van der Waals surface area contributed by atoms with Gasteiger partial charge in [0, 0.05) is 20.3 Å². The van der Waals surface area contributed by atoms with E-state index in [1.54, 1.807) is 7.11 Å². The van der Waals surface area contributed by atoms with Gasteiger partial charge in [-0.05, 0) is 58.0 Å². The van der Waals surface area contributed by atoms with Crippen LogP contribution in [0.4, 0.5) is 0 Å². The molecular weight excluding hydrogens is 202 g/mol. The van der Waals surface area contributed by atoms with E-state index in [1.807, 2.05) is 0 Å². The molecule has 1 N–H and O–H groups in total. The van der Waals surface area contributed by atoms with Crippen LogP contribution in [0.25, 0.3) is 0 Å². The average molecular weight is 229 g/mol. The van der Waals surface area contributed by atoms with Crippen LogP contribution in [0.15, 0.2) is 0 Å². The second-order valence-electron chi connectivity index (χ2n) is 4.58. The summed E-state index contributed by atoms with van der Waals surface area (Å²) in [5, 5.41) is 3.49. The standard InChI is InChI=1S/C13H27NO2/c1-15-11-4-2-3-9-14-10-5-7-13-8-6-12-16-13/h13-14H,2-12H2,1H3. The summed E-state index contributed by atoms with van der Waals surface area (Å²) in [4.78, 5) is 0. The van der Waals surface area contributed by atoms with Gasteiger partial charge < -0.3 is 14.8 Å². The summed E-state index contributed by atoms with van der Waals surface area (Å²) >= 11 is 0. The molecule has 0 amide bonds. The van der Waals surface area contributed by atoms with Gasteiger partial charge >= 0.3 is 0 Å². The molecule has 0 aliphatic carbocycles. The first-order chi connectivity index (χ1) is 7.93. The molecule has 1 atom stereocenters. The first kappa shape index (κ1) is 13.9. The number of methoxy groups -OCH3 is 1. The number of hydrogen-bond donors (Lipinski definition) is 1. The van der Waals surface area contributed by atoms with Crippen LogP contribution >= 0.6 is 0 Å². The van der Waals surface area contributed by atoms with Gasteiger partial charge in [-0.2, -0.15) is 0 Å². The Bertz CT molecular complexity index is 147. The van der Waals surface area contributed by atoms with Crippen LogP contribution in [-0.4, -0.2) is 39.5 Å². The van der Waals surface area contributed by atoms with Crippen LogP contribution in [0.1, 0.15) is 44.9 Å². The molecule has 0 bridgehead atoms. The quantitative estimate of drug-likeness (QED) is 0.583. The molecule has 16 heavy (non-hydrogen) atoms. The zero-order valence-electron chi connectivity index (χ0n) is 10.7. The predicted molar refractivity (Wildman–Crippen MR) is 66.8 cm³/mol. The lowest BCUT2D eigenvalue weighted by molar-refractivity contribution is 0.102. The van der Waals surface area contributed by atoms with Gasteiger partial charge in [-0.25, -0.2) is 0 Å². The highest BCUT2D eigenvalue weighted by Gasteiger charge is 2.13. The van der Waals surface area contributed by atoms with Crippen molar-refractivity contribution in [3.63, 3.8) is 0 Å². The van der Waals surface area contributed by atoms with E-state index in [0.29, 0.717) is 6.10 Å². The van der Waals surface area contributed by atoms with Gasteiger partial charge in [0.1, 0.15) is 0 Å². The SMILES string of the molecule is COCCCCCNCCCC1CCCO1. The van der Waals surface area contributed by atoms with Gasteiger partial charge in [-0.3, -0.25) is 0 Å². The Hall–Kier alpha value is -0.120. The molecule has 0 spiro atoms. The maximum absolute atomic E-state index is 5.58. The van der Waals surface area contributed by atoms with Crippen molar-refractivity contribution in [3.05, 3.63) is 0 Å². The molecule has 1 aliphatic rings. The second-order valence-corrected chi connectivity index (χ2v) is 4.58. The van der Waals surface area contributed by atoms with Crippen LogP contribution in [0.5, 0.6) is 0 Å². The van der Waals surface area contributed by atoms with Crippen LogP contribution in [0.2, 0.25) is 0 Å². The summed E-state index contributed by atoms with van der Waals surface area (Å²) in [7, 11) is 1.77. The third-order valence-corrected chi connectivity index (χ3v) is 3.11. The first-order valence-electron chi connectivity index (χ1n) is 6.74. The minimum atomic E-state index is 0.559. The fraction of sp³-hybridized carbons (Fsp3) is 1.00. The van der Waals surface area contributed by atoms with Crippen molar-refractivity contribution in [2.45, 2.75) is 51.0 Å². The highest BCUT2D eigenvalue weighted by Crippen LogP contribution is 2.16. The van der Waals surface area contributed by atoms with Gasteiger partial charge in [0.15, 0.2) is 0 Å². The molecule has 0 aromatic heterocycles. The van der Waals surface area contributed by atoms with Crippen molar-refractivity contribution < 1.29 is 9.47 Å². The average Bonchev–Trinajstić information content (AvgIpc) is 2.80. The molecule has 0 aromatic rings. The number of hydrogen-bond acceptors (Lipinski definition) is 3. The van der Waals surface area contributed by atoms with Crippen LogP contribution < -0.4 is 5.32 Å². The van der Waals surface area contributed by atoms with E-state index in [1.165, 1.54) is 44.9 Å². The van der Waals surface area contributed by atoms with E-state index in [0.717, 1.165) is 26.3 Å². The molecule has 96 valence electrons. The summed E-state index contributed by atoms with van der Waals surface area (Å²) in [6, 6.07) is 0. The molecular formula is C13H27NO2. The maximum atomic E-state index is 5.58. The highest BCUT2D eigenvalue weighted by molar-refractivity contribution is 4.65. The van der Waals surface area contributed by atoms with Gasteiger partial charge in [0.05, 0.1) is 6.10 Å². The third kappa shape index (κ3) is 7.20. The van der Waals surface area contributed by atoms with E-state index < -0.39 is 0 Å². The van der Waals surface area contributed by atoms with Crippen LogP contribution in [0, 0.1) is 0 Å². The van der Waals surface area contributed by atoms with Crippen molar-refractivity contribution in [2.75, 3.05) is 33.4 Å². The van der Waals surface area contributed by atoms with Crippen molar-refractivity contribution >= 4 is 0 Å². The van der Waals surface area contributed by atoms with Crippen LogP contribution in [-0.2, 0) is 9.47 Å². The normalized spacial score (nSPS) is 20.4. The van der Waals surface area contributed by atoms with Crippen molar-refractivity contribution in [1.29, 1.82) is 0 Å². The monoisotopic (exact) mass is 229 g/mol. The predicted octanol–water partition coefficient (Wildman–Crippen LogP) is 2.35. The second kappa shape index (κ2) is 10.1. The van der Waals surface area contributed by atoms with Gasteiger partial charge in [-0.15, -0.1) is 0 Å². The molecule has 1 rings (SSSR count). The molecule has 1 aliphatic heterocycles. The Kier molecular flexibility index (Phi) is 8.77. The summed E-state index contributed by atoms with van der Waals surface area (Å²) in [5.74, 6) is 0. The molecule has 1 fully saturated rings. The Labute approximate surface area is 99.9 Å². The Morgan fingerprint density at radius 2 is 2.06 bits per heavy atom. The zero-order chi connectivity index (χ0) is 11.5. The minimum Gasteiger partial charge on any atom is -0.385 e. The maximum Gasteiger partial charge on any atom is 0.0576 e. The third-order valence-electron chi connectivity index (χ3n) is 3.11. The van der Waals surface area contributed by atoms with Gasteiger partial charge in [0.25, 0.3) is 0 Å². The van der Waals surface area contributed by atoms with E-state index in [4.69, 9.17) is 9.47 Å². The molecule has 3 nitrogen and oxygen atoms in total. The molecule has 0 saturated carbocycles. The van der Waals surface area contributed by atoms with E-state index in [9.17, 15) is 0 Å². The summed E-state index contributed by atoms with van der Waals surface area (Å²) < 4.78 is 10.6.